The summed E-state index contributed by atoms with van der Waals surface area (Å²) in [4.78, 5) is 20.2. The molecule has 7 heteroatoms. The number of carbonyl (C=O) groups is 1. The second-order valence-electron chi connectivity index (χ2n) is 6.75. The van der Waals surface area contributed by atoms with Gasteiger partial charge in [-0.3, -0.25) is 4.79 Å². The van der Waals surface area contributed by atoms with Gasteiger partial charge >= 0.3 is 0 Å². The number of nitrogens with zero attached hydrogens (tertiary/aromatic N) is 2. The quantitative estimate of drug-likeness (QED) is 0.792. The molecule has 0 radical (unpaired) electrons. The Morgan fingerprint density at radius 2 is 1.96 bits per heavy atom. The average molecular weight is 396 g/mol. The number of piperidine rings is 1. The van der Waals surface area contributed by atoms with E-state index in [1.54, 1.807) is 11.3 Å². The molecule has 1 amide bonds. The maximum Gasteiger partial charge on any atom is 0.265 e. The van der Waals surface area contributed by atoms with E-state index in [2.05, 4.69) is 24.1 Å². The third-order valence-electron chi connectivity index (χ3n) is 4.32. The lowest BCUT2D eigenvalue weighted by atomic mass is 9.93. The highest BCUT2D eigenvalue weighted by Gasteiger charge is 2.26. The van der Waals surface area contributed by atoms with Crippen molar-refractivity contribution in [1.29, 1.82) is 0 Å². The Morgan fingerprint density at radius 1 is 1.33 bits per heavy atom. The summed E-state index contributed by atoms with van der Waals surface area (Å²) in [7, 11) is 2.00. The fourth-order valence-electron chi connectivity index (χ4n) is 3.00. The van der Waals surface area contributed by atoms with Crippen molar-refractivity contribution >= 4 is 42.1 Å². The summed E-state index contributed by atoms with van der Waals surface area (Å²) < 4.78 is 0. The monoisotopic (exact) mass is 395 g/mol. The van der Waals surface area contributed by atoms with Crippen LogP contribution < -0.4 is 5.32 Å². The Kier molecular flexibility index (Phi) is 11.1. The van der Waals surface area contributed by atoms with Crippen molar-refractivity contribution < 1.29 is 4.79 Å². The van der Waals surface area contributed by atoms with Crippen molar-refractivity contribution in [2.24, 2.45) is 11.8 Å². The third kappa shape index (κ3) is 6.51. The van der Waals surface area contributed by atoms with Crippen LogP contribution in [0.3, 0.4) is 0 Å². The van der Waals surface area contributed by atoms with Crippen LogP contribution in [-0.2, 0) is 6.42 Å². The number of thiazole rings is 1. The van der Waals surface area contributed by atoms with Crippen molar-refractivity contribution in [3.63, 3.8) is 0 Å². The summed E-state index contributed by atoms with van der Waals surface area (Å²) in [5.74, 6) is 1.53. The Labute approximate surface area is 162 Å². The highest BCUT2D eigenvalue weighted by atomic mass is 35.5. The second kappa shape index (κ2) is 11.3. The number of hydrogen-bond donors (Lipinski definition) is 1. The van der Waals surface area contributed by atoms with Gasteiger partial charge in [0.2, 0.25) is 0 Å². The summed E-state index contributed by atoms with van der Waals surface area (Å²) >= 11 is 1.59. The van der Waals surface area contributed by atoms with Crippen LogP contribution >= 0.6 is 36.2 Å². The molecule has 4 nitrogen and oxygen atoms in total. The van der Waals surface area contributed by atoms with Gasteiger partial charge in [-0.2, -0.15) is 0 Å². The molecule has 1 saturated heterocycles. The van der Waals surface area contributed by atoms with Gasteiger partial charge in [-0.25, -0.2) is 4.98 Å². The molecule has 0 spiro atoms. The number of likely N-dealkylation sites (tertiary alicyclic amines) is 1. The van der Waals surface area contributed by atoms with Gasteiger partial charge in [-0.15, -0.1) is 36.2 Å². The summed E-state index contributed by atoms with van der Waals surface area (Å²) in [6, 6.07) is 0. The maximum absolute atomic E-state index is 12.7. The van der Waals surface area contributed by atoms with Crippen molar-refractivity contribution in [3.05, 3.63) is 15.6 Å². The third-order valence-corrected chi connectivity index (χ3v) is 5.49. The predicted octanol–water partition coefficient (Wildman–Crippen LogP) is 3.96. The van der Waals surface area contributed by atoms with Gasteiger partial charge < -0.3 is 10.2 Å². The second-order valence-corrected chi connectivity index (χ2v) is 7.83. The zero-order chi connectivity index (χ0) is 16.1. The fourth-order valence-corrected chi connectivity index (χ4v) is 4.25. The molecule has 1 fully saturated rings. The Balaban J connectivity index is 0.00000264. The van der Waals surface area contributed by atoms with E-state index in [1.807, 2.05) is 18.9 Å². The van der Waals surface area contributed by atoms with Gasteiger partial charge in [0.15, 0.2) is 0 Å². The highest BCUT2D eigenvalue weighted by molar-refractivity contribution is 7.13. The molecule has 0 aliphatic carbocycles. The molecule has 0 bridgehead atoms. The van der Waals surface area contributed by atoms with Gasteiger partial charge in [0.1, 0.15) is 4.88 Å². The maximum atomic E-state index is 12.7. The van der Waals surface area contributed by atoms with Gasteiger partial charge in [-0.05, 0) is 51.6 Å². The van der Waals surface area contributed by atoms with E-state index < -0.39 is 0 Å². The van der Waals surface area contributed by atoms with Crippen LogP contribution in [0, 0.1) is 18.8 Å². The minimum atomic E-state index is 0. The molecule has 1 N–H and O–H groups in total. The molecule has 1 aromatic rings. The lowest BCUT2D eigenvalue weighted by molar-refractivity contribution is 0.0691. The number of rotatable bonds is 6. The van der Waals surface area contributed by atoms with E-state index in [-0.39, 0.29) is 30.7 Å². The number of carbonyl (C=O) groups excluding carboxylic acids is 1. The lowest BCUT2D eigenvalue weighted by Gasteiger charge is -2.31. The number of aromatic nitrogens is 1. The molecular formula is C17H31Cl2N3OS. The van der Waals surface area contributed by atoms with Crippen LogP contribution in [0.5, 0.6) is 0 Å². The van der Waals surface area contributed by atoms with Crippen molar-refractivity contribution in [1.82, 2.24) is 15.2 Å². The van der Waals surface area contributed by atoms with E-state index in [0.29, 0.717) is 5.92 Å². The minimum absolute atomic E-state index is 0. The van der Waals surface area contributed by atoms with E-state index in [0.717, 1.165) is 60.4 Å². The number of hydrogen-bond acceptors (Lipinski definition) is 4. The van der Waals surface area contributed by atoms with E-state index in [1.165, 1.54) is 6.42 Å². The zero-order valence-corrected chi connectivity index (χ0v) is 17.6. The Hall–Kier alpha value is -0.360. The molecule has 2 rings (SSSR count). The minimum Gasteiger partial charge on any atom is -0.338 e. The lowest BCUT2D eigenvalue weighted by Crippen LogP contribution is -2.38. The van der Waals surface area contributed by atoms with Gasteiger partial charge in [0.25, 0.3) is 5.91 Å². The number of aryl methyl sites for hydroxylation is 1. The highest BCUT2D eigenvalue weighted by Crippen LogP contribution is 2.26. The topological polar surface area (TPSA) is 45.2 Å². The molecule has 0 aromatic carbocycles. The van der Waals surface area contributed by atoms with Crippen molar-refractivity contribution in [3.8, 4) is 0 Å². The SMILES string of the molecule is CNCCC1CCN(C(=O)c2sc(CC(C)C)nc2C)CC1.Cl.Cl. The van der Waals surface area contributed by atoms with Gasteiger partial charge in [0, 0.05) is 19.5 Å². The van der Waals surface area contributed by atoms with Crippen molar-refractivity contribution in [2.45, 2.75) is 46.5 Å². The molecule has 1 aliphatic heterocycles. The molecular weight excluding hydrogens is 365 g/mol. The first-order valence-electron chi connectivity index (χ1n) is 8.41. The zero-order valence-electron chi connectivity index (χ0n) is 15.1. The number of nitrogens with one attached hydrogen (secondary N) is 1. The van der Waals surface area contributed by atoms with Gasteiger partial charge in [-0.1, -0.05) is 13.8 Å². The first-order valence-corrected chi connectivity index (χ1v) is 9.23. The summed E-state index contributed by atoms with van der Waals surface area (Å²) in [6.45, 7) is 9.20. The standard InChI is InChI=1S/C17H29N3OS.2ClH/c1-12(2)11-15-19-13(3)16(22-15)17(21)20-9-6-14(7-10-20)5-8-18-4;;/h12,14,18H,5-11H2,1-4H3;2*1H. The van der Waals surface area contributed by atoms with Crippen LogP contribution in [0.1, 0.15) is 53.5 Å². The molecule has 0 saturated carbocycles. The largest absolute Gasteiger partial charge is 0.338 e. The molecule has 0 unspecified atom stereocenters. The van der Waals surface area contributed by atoms with E-state index >= 15 is 0 Å². The fraction of sp³-hybridized carbons (Fsp3) is 0.765. The van der Waals surface area contributed by atoms with Crippen LogP contribution in [0.2, 0.25) is 0 Å². The Morgan fingerprint density at radius 3 is 2.50 bits per heavy atom. The smallest absolute Gasteiger partial charge is 0.265 e. The van der Waals surface area contributed by atoms with Crippen LogP contribution in [0.4, 0.5) is 0 Å². The average Bonchev–Trinajstić information content (AvgIpc) is 2.84. The summed E-state index contributed by atoms with van der Waals surface area (Å²) in [5.41, 5.74) is 0.906. The van der Waals surface area contributed by atoms with Crippen LogP contribution in [0.25, 0.3) is 0 Å². The molecule has 1 aliphatic rings. The summed E-state index contributed by atoms with van der Waals surface area (Å²) in [6.07, 6.45) is 4.44. The first-order chi connectivity index (χ1) is 10.5. The molecule has 1 aromatic heterocycles. The predicted molar refractivity (Wildman–Crippen MR) is 107 cm³/mol. The molecule has 2 heterocycles. The Bertz CT molecular complexity index is 500. The van der Waals surface area contributed by atoms with Crippen LogP contribution in [-0.4, -0.2) is 42.5 Å². The number of halogens is 2. The molecule has 24 heavy (non-hydrogen) atoms. The first kappa shape index (κ1) is 23.6. The molecule has 0 atom stereocenters. The van der Waals surface area contributed by atoms with Crippen LogP contribution in [0.15, 0.2) is 0 Å². The van der Waals surface area contributed by atoms with Crippen molar-refractivity contribution in [2.75, 3.05) is 26.7 Å². The summed E-state index contributed by atoms with van der Waals surface area (Å²) in [5, 5.41) is 4.31. The van der Waals surface area contributed by atoms with E-state index in [9.17, 15) is 4.79 Å². The normalized spacial score (nSPS) is 15.1. The number of amides is 1. The van der Waals surface area contributed by atoms with E-state index in [4.69, 9.17) is 0 Å². The van der Waals surface area contributed by atoms with Gasteiger partial charge in [0.05, 0.1) is 10.7 Å². The molecule has 140 valence electrons.